The topological polar surface area (TPSA) is 152 Å². The molecule has 42 heavy (non-hydrogen) atoms. The van der Waals surface area contributed by atoms with Crippen molar-refractivity contribution >= 4 is 23.5 Å². The molecule has 1 amide bonds. The number of pyridine rings is 1. The molecule has 2 aromatic carbocycles. The van der Waals surface area contributed by atoms with E-state index in [1.165, 1.54) is 0 Å². The van der Waals surface area contributed by atoms with Gasteiger partial charge in [0.25, 0.3) is 5.91 Å². The molecule has 11 nitrogen and oxygen atoms in total. The number of carbonyl (C=O) groups excluding carboxylic acids is 1. The number of carbonyl (C=O) groups is 2. The number of rotatable bonds is 12. The summed E-state index contributed by atoms with van der Waals surface area (Å²) in [5.41, 5.74) is 5.30. The summed E-state index contributed by atoms with van der Waals surface area (Å²) >= 11 is 6.28. The van der Waals surface area contributed by atoms with Crippen LogP contribution < -0.4 is 5.32 Å². The lowest BCUT2D eigenvalue weighted by Gasteiger charge is -2.17. The minimum Gasteiger partial charge on any atom is -0.481 e. The average Bonchev–Trinajstić information content (AvgIpc) is 3.66. The second-order valence-corrected chi connectivity index (χ2v) is 10.2. The van der Waals surface area contributed by atoms with Gasteiger partial charge in [-0.25, -0.2) is 5.10 Å². The summed E-state index contributed by atoms with van der Waals surface area (Å²) in [5, 5.41) is 31.5. The highest BCUT2D eigenvalue weighted by atomic mass is 35.5. The number of hydrogen-bond donors (Lipinski definition) is 3. The molecule has 3 aromatic heterocycles. The van der Waals surface area contributed by atoms with E-state index in [2.05, 4.69) is 42.9 Å². The number of benzene rings is 2. The molecule has 0 saturated carbocycles. The molecule has 0 radical (unpaired) electrons. The number of carboxylic acids is 1. The molecule has 12 heteroatoms. The first-order valence-electron chi connectivity index (χ1n) is 13.5. The van der Waals surface area contributed by atoms with Crippen LogP contribution in [0.3, 0.4) is 0 Å². The Morgan fingerprint density at radius 3 is 2.55 bits per heavy atom. The van der Waals surface area contributed by atoms with Gasteiger partial charge in [-0.1, -0.05) is 73.5 Å². The lowest BCUT2D eigenvalue weighted by molar-refractivity contribution is -0.137. The maximum Gasteiger partial charge on any atom is 0.305 e. The predicted octanol–water partition coefficient (Wildman–Crippen LogP) is 4.60. The number of halogens is 1. The van der Waals surface area contributed by atoms with E-state index in [-0.39, 0.29) is 18.5 Å². The van der Waals surface area contributed by atoms with Crippen molar-refractivity contribution in [1.82, 2.24) is 40.7 Å². The van der Waals surface area contributed by atoms with E-state index < -0.39 is 17.9 Å². The molecule has 0 aliphatic carbocycles. The molecule has 1 unspecified atom stereocenters. The van der Waals surface area contributed by atoms with Gasteiger partial charge < -0.3 is 10.4 Å². The molecule has 3 heterocycles. The maximum atomic E-state index is 13.2. The van der Waals surface area contributed by atoms with Gasteiger partial charge in [0.2, 0.25) is 0 Å². The average molecular weight is 585 g/mol. The number of tetrazole rings is 1. The number of aromatic amines is 1. The SMILES string of the molecule is CCCc1cc(C(=O)NC(CC(=O)O)Cc2ccccc2Cl)nn1Cc1ccc(-c2ccccc2-c2nnn[nH]2)nc1. The molecule has 5 rings (SSSR count). The summed E-state index contributed by atoms with van der Waals surface area (Å²) in [4.78, 5) is 29.4. The third kappa shape index (κ3) is 6.87. The van der Waals surface area contributed by atoms with E-state index >= 15 is 0 Å². The van der Waals surface area contributed by atoms with E-state index in [0.29, 0.717) is 17.4 Å². The molecular formula is C30H29ClN8O3. The van der Waals surface area contributed by atoms with Crippen molar-refractivity contribution in [3.8, 4) is 22.6 Å². The number of nitrogens with zero attached hydrogens (tertiary/aromatic N) is 6. The number of aryl methyl sites for hydroxylation is 1. The zero-order chi connectivity index (χ0) is 29.5. The Bertz CT molecular complexity index is 1670. The fourth-order valence-electron chi connectivity index (χ4n) is 4.77. The zero-order valence-corrected chi connectivity index (χ0v) is 23.6. The molecule has 5 aromatic rings. The second kappa shape index (κ2) is 13.2. The summed E-state index contributed by atoms with van der Waals surface area (Å²) in [6.07, 6.45) is 3.42. The normalized spacial score (nSPS) is 11.8. The summed E-state index contributed by atoms with van der Waals surface area (Å²) in [7, 11) is 0. The number of amides is 1. The van der Waals surface area contributed by atoms with Gasteiger partial charge in [0.15, 0.2) is 5.82 Å². The molecule has 3 N–H and O–H groups in total. The Balaban J connectivity index is 1.33. The van der Waals surface area contributed by atoms with Crippen LogP contribution in [0.15, 0.2) is 72.9 Å². The first-order valence-corrected chi connectivity index (χ1v) is 13.9. The van der Waals surface area contributed by atoms with Crippen LogP contribution in [0.2, 0.25) is 5.02 Å². The largest absolute Gasteiger partial charge is 0.481 e. The van der Waals surface area contributed by atoms with Gasteiger partial charge in [-0.15, -0.1) is 5.10 Å². The summed E-state index contributed by atoms with van der Waals surface area (Å²) in [5.74, 6) is -0.891. The van der Waals surface area contributed by atoms with Crippen molar-refractivity contribution in [2.24, 2.45) is 0 Å². The van der Waals surface area contributed by atoms with E-state index in [1.807, 2.05) is 48.5 Å². The van der Waals surface area contributed by atoms with E-state index in [1.54, 1.807) is 29.1 Å². The molecule has 0 saturated heterocycles. The van der Waals surface area contributed by atoms with E-state index in [9.17, 15) is 14.7 Å². The first kappa shape index (κ1) is 28.6. The van der Waals surface area contributed by atoms with Gasteiger partial charge in [0.05, 0.1) is 18.7 Å². The van der Waals surface area contributed by atoms with Crippen LogP contribution in [0.5, 0.6) is 0 Å². The predicted molar refractivity (Wildman–Crippen MR) is 157 cm³/mol. The van der Waals surface area contributed by atoms with Gasteiger partial charge in [0.1, 0.15) is 5.69 Å². The highest BCUT2D eigenvalue weighted by molar-refractivity contribution is 6.31. The van der Waals surface area contributed by atoms with Gasteiger partial charge >= 0.3 is 5.97 Å². The molecule has 0 fully saturated rings. The van der Waals surface area contributed by atoms with Gasteiger partial charge in [-0.2, -0.15) is 5.10 Å². The van der Waals surface area contributed by atoms with Crippen molar-refractivity contribution in [1.29, 1.82) is 0 Å². The molecule has 0 spiro atoms. The molecule has 1 atom stereocenters. The standard InChI is InChI=1S/C30H29ClN8O3/c1-2-7-22-16-27(30(42)33-21(15-28(40)41)14-20-8-3-6-11-25(20)31)36-39(22)18-19-12-13-26(32-17-19)23-9-4-5-10-24(23)29-34-37-38-35-29/h3-6,8-13,16-17,21H,2,7,14-15,18H2,1H3,(H,33,42)(H,40,41)(H,34,35,37,38). The highest BCUT2D eigenvalue weighted by Crippen LogP contribution is 2.28. The van der Waals surface area contributed by atoms with E-state index in [4.69, 9.17) is 11.6 Å². The van der Waals surface area contributed by atoms with Crippen LogP contribution in [0.25, 0.3) is 22.6 Å². The number of aromatic nitrogens is 7. The fourth-order valence-corrected chi connectivity index (χ4v) is 4.98. The van der Waals surface area contributed by atoms with Gasteiger partial charge in [-0.3, -0.25) is 19.3 Å². The minimum absolute atomic E-state index is 0.229. The second-order valence-electron chi connectivity index (χ2n) is 9.84. The molecule has 0 aliphatic heterocycles. The first-order chi connectivity index (χ1) is 20.4. The van der Waals surface area contributed by atoms with Crippen molar-refractivity contribution < 1.29 is 14.7 Å². The van der Waals surface area contributed by atoms with E-state index in [0.717, 1.165) is 46.5 Å². The van der Waals surface area contributed by atoms with Crippen molar-refractivity contribution in [2.75, 3.05) is 0 Å². The van der Waals surface area contributed by atoms with Crippen LogP contribution in [0.4, 0.5) is 0 Å². The van der Waals surface area contributed by atoms with Gasteiger partial charge in [-0.05, 0) is 52.6 Å². The number of H-pyrrole nitrogens is 1. The van der Waals surface area contributed by atoms with Crippen molar-refractivity contribution in [2.45, 2.75) is 45.2 Å². The van der Waals surface area contributed by atoms with Crippen LogP contribution in [0.1, 0.15) is 47.1 Å². The molecule has 0 aliphatic rings. The lowest BCUT2D eigenvalue weighted by Crippen LogP contribution is -2.38. The monoisotopic (exact) mass is 584 g/mol. The summed E-state index contributed by atoms with van der Waals surface area (Å²) in [6, 6.07) is 19.9. The van der Waals surface area contributed by atoms with Crippen LogP contribution in [-0.4, -0.2) is 58.4 Å². The Morgan fingerprint density at radius 2 is 1.86 bits per heavy atom. The quantitative estimate of drug-likeness (QED) is 0.192. The highest BCUT2D eigenvalue weighted by Gasteiger charge is 2.21. The number of carboxylic acid groups (broad SMARTS) is 1. The summed E-state index contributed by atoms with van der Waals surface area (Å²) < 4.78 is 1.80. The minimum atomic E-state index is -1.01. The third-order valence-corrected chi connectivity index (χ3v) is 7.11. The maximum absolute atomic E-state index is 13.2. The zero-order valence-electron chi connectivity index (χ0n) is 22.9. The Kier molecular flexibility index (Phi) is 8.98. The molecule has 214 valence electrons. The van der Waals surface area contributed by atoms with Crippen LogP contribution in [-0.2, 0) is 24.2 Å². The third-order valence-electron chi connectivity index (χ3n) is 6.74. The Morgan fingerprint density at radius 1 is 1.07 bits per heavy atom. The fraction of sp³-hybridized carbons (Fsp3) is 0.233. The molecular weight excluding hydrogens is 556 g/mol. The molecule has 0 bridgehead atoms. The Labute approximate surface area is 247 Å². The lowest BCUT2D eigenvalue weighted by atomic mass is 10.0. The summed E-state index contributed by atoms with van der Waals surface area (Å²) in [6.45, 7) is 2.48. The van der Waals surface area contributed by atoms with Crippen molar-refractivity contribution in [3.63, 3.8) is 0 Å². The Hall–Kier alpha value is -4.90. The number of nitrogens with one attached hydrogen (secondary N) is 2. The number of hydrogen-bond acceptors (Lipinski definition) is 7. The van der Waals surface area contributed by atoms with Crippen molar-refractivity contribution in [3.05, 3.63) is 100 Å². The van der Waals surface area contributed by atoms with Crippen LogP contribution in [0, 0.1) is 0 Å². The smallest absolute Gasteiger partial charge is 0.305 e. The van der Waals surface area contributed by atoms with Crippen LogP contribution >= 0.6 is 11.6 Å². The van der Waals surface area contributed by atoms with Gasteiger partial charge in [0, 0.05) is 34.1 Å². The number of aliphatic carboxylic acids is 1.